The molecule has 78 valence electrons. The Morgan fingerprint density at radius 3 is 2.79 bits per heavy atom. The topological polar surface area (TPSA) is 41.6 Å². The summed E-state index contributed by atoms with van der Waals surface area (Å²) in [7, 11) is 0. The van der Waals surface area contributed by atoms with Gasteiger partial charge in [0.2, 0.25) is 0 Å². The van der Waals surface area contributed by atoms with Crippen LogP contribution < -0.4 is 5.43 Å². The van der Waals surface area contributed by atoms with Gasteiger partial charge >= 0.3 is 6.09 Å². The summed E-state index contributed by atoms with van der Waals surface area (Å²) in [6.07, 6.45) is 6.82. The SMILES string of the molecule is CC(C)(C)OC(=O)N1C=CC=CCN1. The summed E-state index contributed by atoms with van der Waals surface area (Å²) in [4.78, 5) is 11.5. The highest BCUT2D eigenvalue weighted by Gasteiger charge is 2.20. The van der Waals surface area contributed by atoms with Crippen LogP contribution >= 0.6 is 0 Å². The van der Waals surface area contributed by atoms with Crippen molar-refractivity contribution in [3.63, 3.8) is 0 Å². The molecule has 1 N–H and O–H groups in total. The van der Waals surface area contributed by atoms with Gasteiger partial charge in [-0.25, -0.2) is 15.2 Å². The van der Waals surface area contributed by atoms with Gasteiger partial charge in [-0.3, -0.25) is 0 Å². The molecule has 4 heteroatoms. The van der Waals surface area contributed by atoms with E-state index in [4.69, 9.17) is 4.74 Å². The van der Waals surface area contributed by atoms with Crippen LogP contribution in [0.4, 0.5) is 4.79 Å². The van der Waals surface area contributed by atoms with Crippen molar-refractivity contribution in [2.24, 2.45) is 0 Å². The molecule has 0 spiro atoms. The lowest BCUT2D eigenvalue weighted by molar-refractivity contribution is 0.0260. The molecule has 0 atom stereocenters. The summed E-state index contributed by atoms with van der Waals surface area (Å²) < 4.78 is 5.18. The highest BCUT2D eigenvalue weighted by molar-refractivity contribution is 5.68. The molecular weight excluding hydrogens is 180 g/mol. The fourth-order valence-corrected chi connectivity index (χ4v) is 0.923. The Bertz CT molecular complexity index is 264. The van der Waals surface area contributed by atoms with E-state index in [1.807, 2.05) is 32.9 Å². The molecule has 1 aliphatic rings. The number of nitrogens with one attached hydrogen (secondary N) is 1. The monoisotopic (exact) mass is 196 g/mol. The van der Waals surface area contributed by atoms with Gasteiger partial charge in [-0.15, -0.1) is 0 Å². The first-order valence-electron chi connectivity index (χ1n) is 4.58. The first kappa shape index (κ1) is 10.8. The van der Waals surface area contributed by atoms with Crippen molar-refractivity contribution in [3.05, 3.63) is 24.4 Å². The van der Waals surface area contributed by atoms with Crippen LogP contribution in [0.15, 0.2) is 24.4 Å². The molecule has 0 saturated heterocycles. The maximum atomic E-state index is 11.5. The lowest BCUT2D eigenvalue weighted by Gasteiger charge is -2.24. The Morgan fingerprint density at radius 2 is 2.14 bits per heavy atom. The van der Waals surface area contributed by atoms with Gasteiger partial charge < -0.3 is 4.74 Å². The summed E-state index contributed by atoms with van der Waals surface area (Å²) in [5.74, 6) is 0. The summed E-state index contributed by atoms with van der Waals surface area (Å²) in [5, 5.41) is 1.34. The number of hydrazine groups is 1. The number of carbonyl (C=O) groups excluding carboxylic acids is 1. The number of amides is 1. The van der Waals surface area contributed by atoms with Crippen LogP contribution in [0.1, 0.15) is 20.8 Å². The molecule has 1 heterocycles. The highest BCUT2D eigenvalue weighted by Crippen LogP contribution is 2.09. The zero-order valence-corrected chi connectivity index (χ0v) is 8.78. The number of ether oxygens (including phenoxy) is 1. The van der Waals surface area contributed by atoms with Crippen molar-refractivity contribution >= 4 is 6.09 Å². The van der Waals surface area contributed by atoms with Crippen molar-refractivity contribution in [2.45, 2.75) is 26.4 Å². The van der Waals surface area contributed by atoms with E-state index in [9.17, 15) is 4.79 Å². The molecule has 14 heavy (non-hydrogen) atoms. The van der Waals surface area contributed by atoms with Crippen LogP contribution in [0.5, 0.6) is 0 Å². The van der Waals surface area contributed by atoms with Crippen molar-refractivity contribution in [1.82, 2.24) is 10.4 Å². The van der Waals surface area contributed by atoms with E-state index in [1.54, 1.807) is 12.3 Å². The third-order valence-electron chi connectivity index (χ3n) is 1.45. The highest BCUT2D eigenvalue weighted by atomic mass is 16.6. The molecule has 0 unspecified atom stereocenters. The number of nitrogens with zero attached hydrogens (tertiary/aromatic N) is 1. The molecular formula is C10H16N2O2. The molecule has 0 aliphatic carbocycles. The van der Waals surface area contributed by atoms with Crippen molar-refractivity contribution < 1.29 is 9.53 Å². The maximum absolute atomic E-state index is 11.5. The molecule has 0 aromatic carbocycles. The molecule has 0 radical (unpaired) electrons. The normalized spacial score (nSPS) is 16.6. The average Bonchev–Trinajstić information content (AvgIpc) is 2.27. The Labute approximate surface area is 84.2 Å². The molecule has 4 nitrogen and oxygen atoms in total. The Hall–Kier alpha value is -1.29. The van der Waals surface area contributed by atoms with Gasteiger partial charge in [-0.05, 0) is 26.8 Å². The van der Waals surface area contributed by atoms with E-state index >= 15 is 0 Å². The van der Waals surface area contributed by atoms with E-state index in [0.717, 1.165) is 0 Å². The summed E-state index contributed by atoms with van der Waals surface area (Å²) in [6.45, 7) is 6.13. The first-order chi connectivity index (χ1) is 6.49. The Kier molecular flexibility index (Phi) is 3.30. The van der Waals surface area contributed by atoms with Crippen molar-refractivity contribution in [1.29, 1.82) is 0 Å². The molecule has 0 aromatic heterocycles. The fourth-order valence-electron chi connectivity index (χ4n) is 0.923. The fraction of sp³-hybridized carbons (Fsp3) is 0.500. The van der Waals surface area contributed by atoms with Gasteiger partial charge in [0, 0.05) is 12.7 Å². The van der Waals surface area contributed by atoms with E-state index in [-0.39, 0.29) is 0 Å². The van der Waals surface area contributed by atoms with Gasteiger partial charge in [-0.2, -0.15) is 0 Å². The average molecular weight is 196 g/mol. The third-order valence-corrected chi connectivity index (χ3v) is 1.45. The quantitative estimate of drug-likeness (QED) is 0.642. The lowest BCUT2D eigenvalue weighted by atomic mass is 10.2. The maximum Gasteiger partial charge on any atom is 0.429 e. The first-order valence-corrected chi connectivity index (χ1v) is 4.58. The molecule has 0 aromatic rings. The zero-order valence-electron chi connectivity index (χ0n) is 8.78. The molecule has 1 amide bonds. The van der Waals surface area contributed by atoms with E-state index < -0.39 is 11.7 Å². The predicted octanol–water partition coefficient (Wildman–Crippen LogP) is 1.81. The van der Waals surface area contributed by atoms with Crippen LogP contribution in [-0.4, -0.2) is 23.2 Å². The number of allylic oxidation sites excluding steroid dienone is 2. The van der Waals surface area contributed by atoms with E-state index in [2.05, 4.69) is 5.43 Å². The Balaban J connectivity index is 2.53. The number of hydrogen-bond acceptors (Lipinski definition) is 3. The molecule has 0 saturated carbocycles. The number of rotatable bonds is 0. The zero-order chi connectivity index (χ0) is 10.6. The standard InChI is InChI=1S/C10H16N2O2/c1-10(2,3)14-9(13)12-8-6-4-5-7-11-12/h4-6,8,11H,7H2,1-3H3. The van der Waals surface area contributed by atoms with Gasteiger partial charge in [0.25, 0.3) is 0 Å². The Morgan fingerprint density at radius 1 is 1.43 bits per heavy atom. The second kappa shape index (κ2) is 4.28. The molecule has 1 aliphatic heterocycles. The molecule has 1 rings (SSSR count). The van der Waals surface area contributed by atoms with Gasteiger partial charge in [0.15, 0.2) is 0 Å². The summed E-state index contributed by atoms with van der Waals surface area (Å²) in [5.41, 5.74) is 2.42. The van der Waals surface area contributed by atoms with Crippen molar-refractivity contribution in [3.8, 4) is 0 Å². The summed E-state index contributed by atoms with van der Waals surface area (Å²) in [6, 6.07) is 0. The largest absolute Gasteiger partial charge is 0.442 e. The summed E-state index contributed by atoms with van der Waals surface area (Å²) >= 11 is 0. The second-order valence-electron chi connectivity index (χ2n) is 3.98. The van der Waals surface area contributed by atoms with Crippen LogP contribution in [0.25, 0.3) is 0 Å². The van der Waals surface area contributed by atoms with Crippen molar-refractivity contribution in [2.75, 3.05) is 6.54 Å². The smallest absolute Gasteiger partial charge is 0.429 e. The molecule has 0 bridgehead atoms. The third kappa shape index (κ3) is 3.62. The molecule has 0 fully saturated rings. The number of hydrogen-bond donors (Lipinski definition) is 1. The van der Waals surface area contributed by atoms with Crippen LogP contribution in [0.3, 0.4) is 0 Å². The minimum atomic E-state index is -0.466. The van der Waals surface area contributed by atoms with Gasteiger partial charge in [0.05, 0.1) is 0 Å². The predicted molar refractivity (Wildman–Crippen MR) is 54.4 cm³/mol. The van der Waals surface area contributed by atoms with Gasteiger partial charge in [0.1, 0.15) is 5.60 Å². The van der Waals surface area contributed by atoms with Gasteiger partial charge in [-0.1, -0.05) is 12.2 Å². The number of carbonyl (C=O) groups is 1. The van der Waals surface area contributed by atoms with Crippen LogP contribution in [0, 0.1) is 0 Å². The minimum absolute atomic E-state index is 0.391. The lowest BCUT2D eigenvalue weighted by Crippen LogP contribution is -2.41. The van der Waals surface area contributed by atoms with E-state index in [0.29, 0.717) is 6.54 Å². The second-order valence-corrected chi connectivity index (χ2v) is 3.98. The van der Waals surface area contributed by atoms with E-state index in [1.165, 1.54) is 5.01 Å². The minimum Gasteiger partial charge on any atom is -0.442 e. The van der Waals surface area contributed by atoms with Crippen LogP contribution in [-0.2, 0) is 4.74 Å². The van der Waals surface area contributed by atoms with Crippen LogP contribution in [0.2, 0.25) is 0 Å².